The van der Waals surface area contributed by atoms with Crippen LogP contribution in [0.25, 0.3) is 11.3 Å². The van der Waals surface area contributed by atoms with E-state index in [4.69, 9.17) is 34.7 Å². The van der Waals surface area contributed by atoms with Crippen LogP contribution in [0.5, 0.6) is 0 Å². The van der Waals surface area contributed by atoms with Gasteiger partial charge in [0.05, 0.1) is 16.2 Å². The molecule has 0 radical (unpaired) electrons. The molecular weight excluding hydrogens is 357 g/mol. The molecule has 2 heterocycles. The van der Waals surface area contributed by atoms with Crippen molar-refractivity contribution in [3.8, 4) is 11.3 Å². The van der Waals surface area contributed by atoms with Gasteiger partial charge >= 0.3 is 0 Å². The van der Waals surface area contributed by atoms with Gasteiger partial charge in [0.2, 0.25) is 0 Å². The number of nitrogen functional groups attached to an aromatic ring is 1. The molecular formula is C18H23Cl2N5. The first-order chi connectivity index (χ1) is 11.9. The number of nitrogens with zero attached hydrogens (tertiary/aromatic N) is 3. The number of halogens is 2. The van der Waals surface area contributed by atoms with Gasteiger partial charge in [0.15, 0.2) is 5.82 Å². The minimum absolute atomic E-state index is 0.0835. The van der Waals surface area contributed by atoms with E-state index in [-0.39, 0.29) is 11.5 Å². The summed E-state index contributed by atoms with van der Waals surface area (Å²) >= 11 is 12.4. The zero-order chi connectivity index (χ0) is 18.2. The van der Waals surface area contributed by atoms with Crippen molar-refractivity contribution in [1.82, 2.24) is 9.97 Å². The molecule has 0 aliphatic carbocycles. The SMILES string of the molecule is CC[C@H](N)[C@@]1(C)CCN(c2cnc(-c3cccc(Cl)c3Cl)c(N)n2)C1. The summed E-state index contributed by atoms with van der Waals surface area (Å²) in [7, 11) is 0. The first-order valence-electron chi connectivity index (χ1n) is 8.43. The van der Waals surface area contributed by atoms with Crippen LogP contribution in [-0.2, 0) is 0 Å². The zero-order valence-corrected chi connectivity index (χ0v) is 16.0. The monoisotopic (exact) mass is 379 g/mol. The van der Waals surface area contributed by atoms with Crippen LogP contribution in [0.4, 0.5) is 11.6 Å². The topological polar surface area (TPSA) is 81.1 Å². The molecule has 5 nitrogen and oxygen atoms in total. The summed E-state index contributed by atoms with van der Waals surface area (Å²) in [6.45, 7) is 6.11. The van der Waals surface area contributed by atoms with Crippen LogP contribution >= 0.6 is 23.2 Å². The van der Waals surface area contributed by atoms with Gasteiger partial charge in [-0.15, -0.1) is 0 Å². The fourth-order valence-corrected chi connectivity index (χ4v) is 3.81. The van der Waals surface area contributed by atoms with E-state index in [0.717, 1.165) is 31.7 Å². The minimum Gasteiger partial charge on any atom is -0.382 e. The number of hydrogen-bond acceptors (Lipinski definition) is 5. The summed E-state index contributed by atoms with van der Waals surface area (Å²) < 4.78 is 0. The lowest BCUT2D eigenvalue weighted by molar-refractivity contribution is 0.281. The average molecular weight is 380 g/mol. The van der Waals surface area contributed by atoms with Crippen LogP contribution in [0, 0.1) is 5.41 Å². The van der Waals surface area contributed by atoms with Crippen LogP contribution in [0.3, 0.4) is 0 Å². The number of benzene rings is 1. The van der Waals surface area contributed by atoms with Gasteiger partial charge in [-0.25, -0.2) is 9.97 Å². The number of aromatic nitrogens is 2. The second-order valence-corrected chi connectivity index (χ2v) is 7.69. The van der Waals surface area contributed by atoms with Crippen molar-refractivity contribution in [2.45, 2.75) is 32.7 Å². The third kappa shape index (κ3) is 3.41. The molecule has 0 spiro atoms. The Morgan fingerprint density at radius 3 is 2.80 bits per heavy atom. The number of rotatable bonds is 4. The van der Waals surface area contributed by atoms with E-state index in [1.165, 1.54) is 0 Å². The summed E-state index contributed by atoms with van der Waals surface area (Å²) in [5.74, 6) is 1.11. The molecule has 0 amide bonds. The number of nitrogens with two attached hydrogens (primary N) is 2. The quantitative estimate of drug-likeness (QED) is 0.838. The fraction of sp³-hybridized carbons (Fsp3) is 0.444. The maximum absolute atomic E-state index is 6.30. The van der Waals surface area contributed by atoms with Crippen molar-refractivity contribution in [2.75, 3.05) is 23.7 Å². The Hall–Kier alpha value is -1.56. The second-order valence-electron chi connectivity index (χ2n) is 6.90. The first-order valence-corrected chi connectivity index (χ1v) is 9.18. The van der Waals surface area contributed by atoms with Crippen molar-refractivity contribution >= 4 is 34.8 Å². The summed E-state index contributed by atoms with van der Waals surface area (Å²) in [5.41, 5.74) is 13.8. The standard InChI is InChI=1S/C18H23Cl2N5/c1-3-13(21)18(2)7-8-25(10-18)14-9-23-16(17(22)24-14)11-5-4-6-12(19)15(11)20/h4-6,9,13H,3,7-8,10,21H2,1-2H3,(H2,22,24)/t13-,18-/m0/s1. The molecule has 7 heteroatoms. The normalized spacial score (nSPS) is 21.6. The van der Waals surface area contributed by atoms with Gasteiger partial charge in [-0.2, -0.15) is 0 Å². The maximum atomic E-state index is 6.30. The van der Waals surface area contributed by atoms with Crippen molar-refractivity contribution in [3.05, 3.63) is 34.4 Å². The van der Waals surface area contributed by atoms with Crippen molar-refractivity contribution in [3.63, 3.8) is 0 Å². The highest BCUT2D eigenvalue weighted by molar-refractivity contribution is 6.43. The molecule has 0 unspecified atom stereocenters. The largest absolute Gasteiger partial charge is 0.382 e. The molecule has 1 aliphatic heterocycles. The fourth-order valence-electron chi connectivity index (χ4n) is 3.42. The Kier molecular flexibility index (Phi) is 5.09. The molecule has 25 heavy (non-hydrogen) atoms. The van der Waals surface area contributed by atoms with Crippen molar-refractivity contribution in [2.24, 2.45) is 11.1 Å². The first kappa shape index (κ1) is 18.2. The van der Waals surface area contributed by atoms with Crippen molar-refractivity contribution in [1.29, 1.82) is 0 Å². The highest BCUT2D eigenvalue weighted by atomic mass is 35.5. The molecule has 3 rings (SSSR count). The van der Waals surface area contributed by atoms with E-state index in [1.807, 2.05) is 12.1 Å². The Labute approximate surface area is 158 Å². The smallest absolute Gasteiger partial charge is 0.152 e. The molecule has 1 aliphatic rings. The van der Waals surface area contributed by atoms with Gasteiger partial charge in [-0.05, 0) is 18.9 Å². The van der Waals surface area contributed by atoms with Crippen LogP contribution < -0.4 is 16.4 Å². The molecule has 1 aromatic heterocycles. The van der Waals surface area contributed by atoms with E-state index in [1.54, 1.807) is 12.3 Å². The van der Waals surface area contributed by atoms with Gasteiger partial charge in [0, 0.05) is 30.1 Å². The lowest BCUT2D eigenvalue weighted by Crippen LogP contribution is -2.41. The van der Waals surface area contributed by atoms with Crippen LogP contribution in [-0.4, -0.2) is 29.1 Å². The van der Waals surface area contributed by atoms with Crippen LogP contribution in [0.1, 0.15) is 26.7 Å². The molecule has 2 atom stereocenters. The third-order valence-electron chi connectivity index (χ3n) is 5.16. The summed E-state index contributed by atoms with van der Waals surface area (Å²) in [6.07, 6.45) is 3.74. The Morgan fingerprint density at radius 1 is 1.36 bits per heavy atom. The molecule has 0 bridgehead atoms. The van der Waals surface area contributed by atoms with E-state index in [0.29, 0.717) is 27.1 Å². The molecule has 1 aromatic carbocycles. The zero-order valence-electron chi connectivity index (χ0n) is 14.5. The highest BCUT2D eigenvalue weighted by Gasteiger charge is 2.38. The van der Waals surface area contributed by atoms with Gasteiger partial charge in [-0.3, -0.25) is 0 Å². The lowest BCUT2D eigenvalue weighted by Gasteiger charge is -2.30. The van der Waals surface area contributed by atoms with Gasteiger partial charge in [0.1, 0.15) is 11.5 Å². The lowest BCUT2D eigenvalue weighted by atomic mass is 9.81. The van der Waals surface area contributed by atoms with Gasteiger partial charge in [-0.1, -0.05) is 49.2 Å². The van der Waals surface area contributed by atoms with E-state index in [9.17, 15) is 0 Å². The third-order valence-corrected chi connectivity index (χ3v) is 5.98. The predicted octanol–water partition coefficient (Wildman–Crippen LogP) is 3.99. The second kappa shape index (κ2) is 6.98. The average Bonchev–Trinajstić information content (AvgIpc) is 3.00. The minimum atomic E-state index is 0.0835. The van der Waals surface area contributed by atoms with Gasteiger partial charge < -0.3 is 16.4 Å². The Balaban J connectivity index is 1.87. The Morgan fingerprint density at radius 2 is 2.12 bits per heavy atom. The maximum Gasteiger partial charge on any atom is 0.152 e. The molecule has 4 N–H and O–H groups in total. The molecule has 134 valence electrons. The molecule has 2 aromatic rings. The van der Waals surface area contributed by atoms with Crippen LogP contribution in [0.2, 0.25) is 10.0 Å². The van der Waals surface area contributed by atoms with E-state index in [2.05, 4.69) is 28.7 Å². The summed E-state index contributed by atoms with van der Waals surface area (Å²) in [4.78, 5) is 11.3. The predicted molar refractivity (Wildman–Crippen MR) is 105 cm³/mol. The summed E-state index contributed by atoms with van der Waals surface area (Å²) in [5, 5.41) is 0.897. The summed E-state index contributed by atoms with van der Waals surface area (Å²) in [6, 6.07) is 5.55. The molecule has 1 fully saturated rings. The van der Waals surface area contributed by atoms with E-state index >= 15 is 0 Å². The molecule has 0 saturated carbocycles. The van der Waals surface area contributed by atoms with Gasteiger partial charge in [0.25, 0.3) is 0 Å². The number of anilines is 2. The highest BCUT2D eigenvalue weighted by Crippen LogP contribution is 2.38. The number of hydrogen-bond donors (Lipinski definition) is 2. The van der Waals surface area contributed by atoms with E-state index < -0.39 is 0 Å². The molecule has 1 saturated heterocycles. The van der Waals surface area contributed by atoms with Crippen LogP contribution in [0.15, 0.2) is 24.4 Å². The van der Waals surface area contributed by atoms with Crippen molar-refractivity contribution < 1.29 is 0 Å². The Bertz CT molecular complexity index is 782.